The SMILES string of the molecule is Cc1ccc(S(=O)(=O)NCCCN2CCN(c3ccccc3)CC2)cc1C(N)=O. The van der Waals surface area contributed by atoms with E-state index in [4.69, 9.17) is 5.73 Å². The number of para-hydroxylation sites is 1. The van der Waals surface area contributed by atoms with E-state index in [1.807, 2.05) is 18.2 Å². The highest BCUT2D eigenvalue weighted by atomic mass is 32.2. The standard InChI is InChI=1S/C21H28N4O3S/c1-17-8-9-19(16-20(17)21(22)26)29(27,28)23-10-5-11-24-12-14-25(15-13-24)18-6-3-2-4-7-18/h2-4,6-9,16,23H,5,10-15H2,1H3,(H2,22,26). The van der Waals surface area contributed by atoms with Gasteiger partial charge in [-0.3, -0.25) is 9.69 Å². The van der Waals surface area contributed by atoms with Gasteiger partial charge in [0.15, 0.2) is 0 Å². The van der Waals surface area contributed by atoms with Crippen LogP contribution in [0, 0.1) is 6.92 Å². The van der Waals surface area contributed by atoms with Crippen LogP contribution in [0.15, 0.2) is 53.4 Å². The third-order valence-electron chi connectivity index (χ3n) is 5.22. The maximum absolute atomic E-state index is 12.5. The molecule has 0 saturated carbocycles. The van der Waals surface area contributed by atoms with Crippen molar-refractivity contribution in [2.24, 2.45) is 5.73 Å². The van der Waals surface area contributed by atoms with Gasteiger partial charge in [-0.1, -0.05) is 24.3 Å². The van der Waals surface area contributed by atoms with Gasteiger partial charge in [0.25, 0.3) is 0 Å². The van der Waals surface area contributed by atoms with Crippen LogP contribution in [0.5, 0.6) is 0 Å². The van der Waals surface area contributed by atoms with Crippen molar-refractivity contribution >= 4 is 21.6 Å². The van der Waals surface area contributed by atoms with Gasteiger partial charge in [-0.25, -0.2) is 13.1 Å². The topological polar surface area (TPSA) is 95.7 Å². The highest BCUT2D eigenvalue weighted by Crippen LogP contribution is 2.16. The number of nitrogens with zero attached hydrogens (tertiary/aromatic N) is 2. The first-order valence-corrected chi connectivity index (χ1v) is 11.3. The van der Waals surface area contributed by atoms with Gasteiger partial charge in [0.2, 0.25) is 15.9 Å². The Balaban J connectivity index is 1.45. The molecular formula is C21H28N4O3S. The molecule has 0 radical (unpaired) electrons. The van der Waals surface area contributed by atoms with Crippen LogP contribution in [0.2, 0.25) is 0 Å². The predicted octanol–water partition coefficient (Wildman–Crippen LogP) is 1.58. The number of hydrogen-bond donors (Lipinski definition) is 2. The summed E-state index contributed by atoms with van der Waals surface area (Å²) in [5.41, 5.74) is 7.44. The molecule has 1 amide bonds. The number of nitrogens with two attached hydrogens (primary N) is 1. The molecule has 1 aliphatic heterocycles. The van der Waals surface area contributed by atoms with Crippen LogP contribution in [0.25, 0.3) is 0 Å². The summed E-state index contributed by atoms with van der Waals surface area (Å²) in [6, 6.07) is 14.8. The quantitative estimate of drug-likeness (QED) is 0.637. The fraction of sp³-hybridized carbons (Fsp3) is 0.381. The van der Waals surface area contributed by atoms with Crippen molar-refractivity contribution in [1.82, 2.24) is 9.62 Å². The molecule has 1 saturated heterocycles. The first kappa shape index (κ1) is 21.3. The molecule has 3 N–H and O–H groups in total. The molecule has 7 nitrogen and oxygen atoms in total. The van der Waals surface area contributed by atoms with Gasteiger partial charge in [0.1, 0.15) is 0 Å². The number of rotatable bonds is 8. The van der Waals surface area contributed by atoms with E-state index in [0.29, 0.717) is 12.1 Å². The molecule has 8 heteroatoms. The number of hydrogen-bond acceptors (Lipinski definition) is 5. The molecule has 29 heavy (non-hydrogen) atoms. The monoisotopic (exact) mass is 416 g/mol. The fourth-order valence-corrected chi connectivity index (χ4v) is 4.59. The number of carbonyl (C=O) groups is 1. The molecule has 0 aliphatic carbocycles. The minimum Gasteiger partial charge on any atom is -0.369 e. The highest BCUT2D eigenvalue weighted by Gasteiger charge is 2.18. The molecular weight excluding hydrogens is 388 g/mol. The maximum Gasteiger partial charge on any atom is 0.249 e. The fourth-order valence-electron chi connectivity index (χ4n) is 3.49. The predicted molar refractivity (Wildman–Crippen MR) is 115 cm³/mol. The van der Waals surface area contributed by atoms with E-state index in [1.54, 1.807) is 13.0 Å². The van der Waals surface area contributed by atoms with E-state index in [-0.39, 0.29) is 10.5 Å². The van der Waals surface area contributed by atoms with E-state index in [2.05, 4.69) is 26.7 Å². The van der Waals surface area contributed by atoms with Crippen LogP contribution in [-0.4, -0.2) is 58.5 Å². The number of piperazine rings is 1. The van der Waals surface area contributed by atoms with Gasteiger partial charge < -0.3 is 10.6 Å². The molecule has 0 atom stereocenters. The smallest absolute Gasteiger partial charge is 0.249 e. The van der Waals surface area contributed by atoms with Crippen LogP contribution in [0.4, 0.5) is 5.69 Å². The lowest BCUT2D eigenvalue weighted by atomic mass is 10.1. The number of anilines is 1. The lowest BCUT2D eigenvalue weighted by Crippen LogP contribution is -2.47. The third kappa shape index (κ3) is 5.56. The summed E-state index contributed by atoms with van der Waals surface area (Å²) in [5.74, 6) is -0.630. The zero-order chi connectivity index (χ0) is 20.9. The van der Waals surface area contributed by atoms with Gasteiger partial charge in [-0.15, -0.1) is 0 Å². The zero-order valence-corrected chi connectivity index (χ0v) is 17.5. The lowest BCUT2D eigenvalue weighted by Gasteiger charge is -2.36. The largest absolute Gasteiger partial charge is 0.369 e. The first-order chi connectivity index (χ1) is 13.9. The molecule has 0 aromatic heterocycles. The summed E-state index contributed by atoms with van der Waals surface area (Å²) < 4.78 is 27.6. The second kappa shape index (κ2) is 9.39. The molecule has 1 heterocycles. The normalized spacial score (nSPS) is 15.4. The van der Waals surface area contributed by atoms with Gasteiger partial charge in [0, 0.05) is 44.0 Å². The van der Waals surface area contributed by atoms with Crippen LogP contribution in [0.1, 0.15) is 22.3 Å². The minimum absolute atomic E-state index is 0.0633. The zero-order valence-electron chi connectivity index (χ0n) is 16.7. The van der Waals surface area contributed by atoms with Crippen molar-refractivity contribution in [2.45, 2.75) is 18.2 Å². The van der Waals surface area contributed by atoms with Gasteiger partial charge in [-0.2, -0.15) is 0 Å². The van der Waals surface area contributed by atoms with E-state index < -0.39 is 15.9 Å². The second-order valence-electron chi connectivity index (χ2n) is 7.26. The van der Waals surface area contributed by atoms with E-state index in [1.165, 1.54) is 17.8 Å². The molecule has 0 bridgehead atoms. The number of sulfonamides is 1. The number of nitrogens with one attached hydrogen (secondary N) is 1. The Morgan fingerprint density at radius 3 is 2.41 bits per heavy atom. The number of primary amides is 1. The van der Waals surface area contributed by atoms with Crippen molar-refractivity contribution < 1.29 is 13.2 Å². The summed E-state index contributed by atoms with van der Waals surface area (Å²) in [5, 5.41) is 0. The van der Waals surface area contributed by atoms with Gasteiger partial charge >= 0.3 is 0 Å². The summed E-state index contributed by atoms with van der Waals surface area (Å²) in [6.45, 7) is 6.77. The van der Waals surface area contributed by atoms with Gasteiger partial charge in [0.05, 0.1) is 4.90 Å². The minimum atomic E-state index is -3.67. The third-order valence-corrected chi connectivity index (χ3v) is 6.68. The van der Waals surface area contributed by atoms with Crippen LogP contribution in [-0.2, 0) is 10.0 Å². The van der Waals surface area contributed by atoms with Crippen molar-refractivity contribution in [2.75, 3.05) is 44.2 Å². The van der Waals surface area contributed by atoms with E-state index in [0.717, 1.165) is 39.1 Å². The second-order valence-corrected chi connectivity index (χ2v) is 9.02. The Morgan fingerprint density at radius 2 is 1.76 bits per heavy atom. The van der Waals surface area contributed by atoms with Crippen LogP contribution in [0.3, 0.4) is 0 Å². The van der Waals surface area contributed by atoms with Crippen molar-refractivity contribution in [1.29, 1.82) is 0 Å². The van der Waals surface area contributed by atoms with Crippen molar-refractivity contribution in [3.63, 3.8) is 0 Å². The molecule has 156 valence electrons. The number of benzene rings is 2. The Bertz CT molecular complexity index is 940. The molecule has 1 fully saturated rings. The molecule has 2 aromatic rings. The summed E-state index contributed by atoms with van der Waals surface area (Å²) in [6.07, 6.45) is 0.721. The van der Waals surface area contributed by atoms with E-state index in [9.17, 15) is 13.2 Å². The van der Waals surface area contributed by atoms with Crippen molar-refractivity contribution in [3.05, 3.63) is 59.7 Å². The van der Waals surface area contributed by atoms with Crippen LogP contribution < -0.4 is 15.4 Å². The summed E-state index contributed by atoms with van der Waals surface area (Å²) in [4.78, 5) is 16.2. The van der Waals surface area contributed by atoms with E-state index >= 15 is 0 Å². The maximum atomic E-state index is 12.5. The Labute approximate surface area is 172 Å². The number of amides is 1. The molecule has 3 rings (SSSR count). The summed E-state index contributed by atoms with van der Waals surface area (Å²) in [7, 11) is -3.67. The highest BCUT2D eigenvalue weighted by molar-refractivity contribution is 7.89. The molecule has 0 unspecified atom stereocenters. The first-order valence-electron chi connectivity index (χ1n) is 9.79. The average Bonchev–Trinajstić information content (AvgIpc) is 2.72. The lowest BCUT2D eigenvalue weighted by molar-refractivity contribution is 0.0999. The number of aryl methyl sites for hydroxylation is 1. The van der Waals surface area contributed by atoms with Crippen molar-refractivity contribution in [3.8, 4) is 0 Å². The molecule has 2 aromatic carbocycles. The molecule has 0 spiro atoms. The number of carbonyl (C=O) groups excluding carboxylic acids is 1. The Kier molecular flexibility index (Phi) is 6.89. The Morgan fingerprint density at radius 1 is 1.07 bits per heavy atom. The van der Waals surface area contributed by atoms with Crippen LogP contribution >= 0.6 is 0 Å². The van der Waals surface area contributed by atoms with Gasteiger partial charge in [-0.05, 0) is 49.7 Å². The molecule has 1 aliphatic rings. The Hall–Kier alpha value is -2.42. The summed E-state index contributed by atoms with van der Waals surface area (Å²) >= 11 is 0. The average molecular weight is 417 g/mol.